The molecular formula is C19H18N4O3. The number of aromatic hydroxyl groups is 1. The SMILES string of the molecule is COc1cccc(OCc2nc(O)c3cc(C4C=NNC4)ccc3n2)c1. The van der Waals surface area contributed by atoms with E-state index in [4.69, 9.17) is 9.47 Å². The van der Waals surface area contributed by atoms with Gasteiger partial charge in [0.05, 0.1) is 18.0 Å². The Morgan fingerprint density at radius 2 is 2.04 bits per heavy atom. The van der Waals surface area contributed by atoms with Crippen molar-refractivity contribution in [2.75, 3.05) is 13.7 Å². The second-order valence-electron chi connectivity index (χ2n) is 5.95. The quantitative estimate of drug-likeness (QED) is 0.735. The van der Waals surface area contributed by atoms with Crippen molar-refractivity contribution in [3.05, 3.63) is 53.9 Å². The van der Waals surface area contributed by atoms with Crippen LogP contribution in [0.5, 0.6) is 17.4 Å². The lowest BCUT2D eigenvalue weighted by atomic mass is 9.99. The number of ether oxygens (including phenoxy) is 2. The molecule has 4 rings (SSSR count). The van der Waals surface area contributed by atoms with Crippen LogP contribution in [-0.4, -0.2) is 34.9 Å². The fraction of sp³-hybridized carbons (Fsp3) is 0.211. The number of nitrogens with one attached hydrogen (secondary N) is 1. The molecule has 2 aromatic carbocycles. The third-order valence-electron chi connectivity index (χ3n) is 4.24. The van der Waals surface area contributed by atoms with E-state index in [0.717, 1.165) is 12.1 Å². The first-order valence-electron chi connectivity index (χ1n) is 8.25. The van der Waals surface area contributed by atoms with Crippen molar-refractivity contribution < 1.29 is 14.6 Å². The van der Waals surface area contributed by atoms with Gasteiger partial charge in [0.25, 0.3) is 0 Å². The van der Waals surface area contributed by atoms with Crippen LogP contribution in [0.3, 0.4) is 0 Å². The van der Waals surface area contributed by atoms with Crippen LogP contribution >= 0.6 is 0 Å². The van der Waals surface area contributed by atoms with Crippen LogP contribution in [0.25, 0.3) is 10.9 Å². The Kier molecular flexibility index (Phi) is 4.27. The first-order chi connectivity index (χ1) is 12.7. The summed E-state index contributed by atoms with van der Waals surface area (Å²) in [6.45, 7) is 0.900. The van der Waals surface area contributed by atoms with Gasteiger partial charge in [-0.25, -0.2) is 4.98 Å². The van der Waals surface area contributed by atoms with Gasteiger partial charge in [-0.3, -0.25) is 0 Å². The highest BCUT2D eigenvalue weighted by Crippen LogP contribution is 2.27. The third kappa shape index (κ3) is 3.23. The Labute approximate surface area is 150 Å². The molecule has 0 saturated carbocycles. The average Bonchev–Trinajstić information content (AvgIpc) is 3.21. The number of nitrogens with zero attached hydrogens (tertiary/aromatic N) is 3. The van der Waals surface area contributed by atoms with E-state index in [1.807, 2.05) is 42.6 Å². The molecule has 0 bridgehead atoms. The van der Waals surface area contributed by atoms with E-state index >= 15 is 0 Å². The largest absolute Gasteiger partial charge is 0.497 e. The van der Waals surface area contributed by atoms with Gasteiger partial charge in [0, 0.05) is 24.7 Å². The summed E-state index contributed by atoms with van der Waals surface area (Å²) in [5, 5.41) is 15.0. The molecule has 132 valence electrons. The molecule has 7 heteroatoms. The minimum Gasteiger partial charge on any atom is -0.497 e. The Morgan fingerprint density at radius 1 is 1.15 bits per heavy atom. The smallest absolute Gasteiger partial charge is 0.222 e. The zero-order chi connectivity index (χ0) is 17.9. The van der Waals surface area contributed by atoms with Gasteiger partial charge in [0.15, 0.2) is 5.82 Å². The lowest BCUT2D eigenvalue weighted by molar-refractivity contribution is 0.292. The maximum Gasteiger partial charge on any atom is 0.222 e. The summed E-state index contributed by atoms with van der Waals surface area (Å²) >= 11 is 0. The highest BCUT2D eigenvalue weighted by atomic mass is 16.5. The van der Waals surface area contributed by atoms with E-state index in [9.17, 15) is 5.11 Å². The van der Waals surface area contributed by atoms with Gasteiger partial charge in [-0.05, 0) is 29.8 Å². The van der Waals surface area contributed by atoms with E-state index in [-0.39, 0.29) is 18.4 Å². The fourth-order valence-corrected chi connectivity index (χ4v) is 2.86. The number of hydrazone groups is 1. The van der Waals surface area contributed by atoms with Gasteiger partial charge in [-0.1, -0.05) is 12.1 Å². The van der Waals surface area contributed by atoms with Gasteiger partial charge >= 0.3 is 0 Å². The van der Waals surface area contributed by atoms with E-state index < -0.39 is 0 Å². The van der Waals surface area contributed by atoms with E-state index in [2.05, 4.69) is 20.5 Å². The predicted octanol–water partition coefficient (Wildman–Crippen LogP) is 2.60. The molecule has 0 aliphatic carbocycles. The summed E-state index contributed by atoms with van der Waals surface area (Å²) in [7, 11) is 1.60. The molecule has 1 aliphatic rings. The zero-order valence-corrected chi connectivity index (χ0v) is 14.2. The van der Waals surface area contributed by atoms with Gasteiger partial charge < -0.3 is 20.0 Å². The summed E-state index contributed by atoms with van der Waals surface area (Å²) in [6.07, 6.45) is 1.86. The normalized spacial score (nSPS) is 15.8. The predicted molar refractivity (Wildman–Crippen MR) is 97.8 cm³/mol. The van der Waals surface area contributed by atoms with Crippen molar-refractivity contribution in [2.24, 2.45) is 5.10 Å². The molecule has 0 fully saturated rings. The average molecular weight is 350 g/mol. The summed E-state index contributed by atoms with van der Waals surface area (Å²) in [5.74, 6) is 1.91. The van der Waals surface area contributed by atoms with Gasteiger partial charge in [-0.15, -0.1) is 0 Å². The van der Waals surface area contributed by atoms with Crippen LogP contribution in [0.1, 0.15) is 17.3 Å². The summed E-state index contributed by atoms with van der Waals surface area (Å²) in [6, 6.07) is 13.1. The van der Waals surface area contributed by atoms with Crippen LogP contribution < -0.4 is 14.9 Å². The van der Waals surface area contributed by atoms with E-state index in [1.54, 1.807) is 13.2 Å². The zero-order valence-electron chi connectivity index (χ0n) is 14.2. The molecule has 2 N–H and O–H groups in total. The number of aromatic nitrogens is 2. The minimum atomic E-state index is -0.0519. The Morgan fingerprint density at radius 3 is 2.85 bits per heavy atom. The van der Waals surface area contributed by atoms with Gasteiger partial charge in [-0.2, -0.15) is 10.1 Å². The van der Waals surface area contributed by atoms with Crippen LogP contribution in [0, 0.1) is 0 Å². The van der Waals surface area contributed by atoms with Crippen LogP contribution in [-0.2, 0) is 6.61 Å². The second-order valence-corrected chi connectivity index (χ2v) is 5.95. The topological polar surface area (TPSA) is 88.9 Å². The summed E-state index contributed by atoms with van der Waals surface area (Å²) in [5.41, 5.74) is 4.67. The Balaban J connectivity index is 1.56. The molecule has 1 aromatic heterocycles. The van der Waals surface area contributed by atoms with Crippen molar-refractivity contribution in [3.8, 4) is 17.4 Å². The first kappa shape index (κ1) is 16.1. The van der Waals surface area contributed by atoms with Crippen LogP contribution in [0.15, 0.2) is 47.6 Å². The molecule has 26 heavy (non-hydrogen) atoms. The molecule has 7 nitrogen and oxygen atoms in total. The number of methoxy groups -OCH3 is 1. The standard InChI is InChI=1S/C19H18N4O3/c1-25-14-3-2-4-15(8-14)26-11-18-22-17-6-5-12(13-9-20-21-10-13)7-16(17)19(24)23-18/h2-9,13,21H,10-11H2,1H3,(H,22,23,24). The highest BCUT2D eigenvalue weighted by molar-refractivity contribution is 5.85. The lowest BCUT2D eigenvalue weighted by Gasteiger charge is -2.10. The lowest BCUT2D eigenvalue weighted by Crippen LogP contribution is -2.08. The molecule has 1 aliphatic heterocycles. The monoisotopic (exact) mass is 350 g/mol. The molecule has 0 radical (unpaired) electrons. The Hall–Kier alpha value is -3.35. The molecule has 3 aromatic rings. The van der Waals surface area contributed by atoms with Crippen molar-refractivity contribution in [3.63, 3.8) is 0 Å². The van der Waals surface area contributed by atoms with Crippen LogP contribution in [0.2, 0.25) is 0 Å². The molecule has 1 unspecified atom stereocenters. The van der Waals surface area contributed by atoms with Crippen LogP contribution in [0.4, 0.5) is 0 Å². The molecule has 1 atom stereocenters. The molecule has 2 heterocycles. The molecule has 0 saturated heterocycles. The van der Waals surface area contributed by atoms with Crippen molar-refractivity contribution >= 4 is 17.1 Å². The number of fused-ring (bicyclic) bond motifs is 1. The van der Waals surface area contributed by atoms with Gasteiger partial charge in [0.1, 0.15) is 18.1 Å². The number of benzene rings is 2. The van der Waals surface area contributed by atoms with E-state index in [0.29, 0.717) is 28.2 Å². The number of hydrogen-bond donors (Lipinski definition) is 2. The highest BCUT2D eigenvalue weighted by Gasteiger charge is 2.15. The molecular weight excluding hydrogens is 332 g/mol. The van der Waals surface area contributed by atoms with Crippen molar-refractivity contribution in [1.29, 1.82) is 0 Å². The van der Waals surface area contributed by atoms with Crippen molar-refractivity contribution in [1.82, 2.24) is 15.4 Å². The van der Waals surface area contributed by atoms with Gasteiger partial charge in [0.2, 0.25) is 5.88 Å². The molecule has 0 spiro atoms. The number of rotatable bonds is 5. The van der Waals surface area contributed by atoms with Crippen molar-refractivity contribution in [2.45, 2.75) is 12.5 Å². The second kappa shape index (κ2) is 6.87. The fourth-order valence-electron chi connectivity index (χ4n) is 2.86. The summed E-state index contributed by atoms with van der Waals surface area (Å²) in [4.78, 5) is 8.65. The maximum atomic E-state index is 10.3. The summed E-state index contributed by atoms with van der Waals surface area (Å²) < 4.78 is 10.9. The minimum absolute atomic E-state index is 0.0519. The number of hydrogen-bond acceptors (Lipinski definition) is 7. The first-order valence-corrected chi connectivity index (χ1v) is 8.25. The maximum absolute atomic E-state index is 10.3. The molecule has 0 amide bonds. The van der Waals surface area contributed by atoms with E-state index in [1.165, 1.54) is 0 Å². The Bertz CT molecular complexity index is 974. The third-order valence-corrected chi connectivity index (χ3v) is 4.24.